The summed E-state index contributed by atoms with van der Waals surface area (Å²) in [5.74, 6) is -1.05. The number of amides is 1. The Hall–Kier alpha value is -4.65. The highest BCUT2D eigenvalue weighted by Crippen LogP contribution is 2.42. The van der Waals surface area contributed by atoms with Crippen LogP contribution in [0.25, 0.3) is 33.4 Å². The van der Waals surface area contributed by atoms with Crippen LogP contribution in [0.5, 0.6) is 0 Å². The number of nitrogens with one attached hydrogen (secondary N) is 1. The molecule has 0 spiro atoms. The van der Waals surface area contributed by atoms with Gasteiger partial charge in [0.25, 0.3) is 0 Å². The number of hydrogen-bond acceptors (Lipinski definition) is 18. The molecule has 15 atom stereocenters. The molecular weight excluding hydrogens is 842 g/mol. The number of fused-ring (bicyclic) bond motifs is 2. The third kappa shape index (κ3) is 9.24. The lowest BCUT2D eigenvalue weighted by Gasteiger charge is -2.48. The summed E-state index contributed by atoms with van der Waals surface area (Å²) in [6.07, 6.45) is -23.4. The topological polar surface area (TPSA) is 283 Å². The van der Waals surface area contributed by atoms with Crippen LogP contribution in [0.1, 0.15) is 24.2 Å². The van der Waals surface area contributed by atoms with Crippen LogP contribution in [0.3, 0.4) is 0 Å². The summed E-state index contributed by atoms with van der Waals surface area (Å²) in [7, 11) is 7.63. The van der Waals surface area contributed by atoms with Crippen LogP contribution in [0.15, 0.2) is 65.1 Å². The van der Waals surface area contributed by atoms with Crippen molar-refractivity contribution in [2.75, 3.05) is 46.3 Å². The Balaban J connectivity index is 1.21. The first kappa shape index (κ1) is 47.3. The maximum atomic E-state index is 14.5. The number of nitrogens with zero attached hydrogens (tertiary/aromatic N) is 2. The van der Waals surface area contributed by atoms with Gasteiger partial charge < -0.3 is 83.9 Å². The lowest BCUT2D eigenvalue weighted by molar-refractivity contribution is -0.381. The molecule has 348 valence electrons. The lowest BCUT2D eigenvalue weighted by atomic mass is 9.90. The third-order valence-electron chi connectivity index (χ3n) is 11.8. The van der Waals surface area contributed by atoms with E-state index in [1.807, 2.05) is 74.1 Å². The van der Waals surface area contributed by atoms with Crippen molar-refractivity contribution in [1.29, 1.82) is 0 Å². The minimum atomic E-state index is -1.90. The predicted octanol–water partition coefficient (Wildman–Crippen LogP) is -1.92. The summed E-state index contributed by atoms with van der Waals surface area (Å²) in [4.78, 5) is 29.0. The van der Waals surface area contributed by atoms with E-state index in [4.69, 9.17) is 32.8 Å². The zero-order valence-corrected chi connectivity index (χ0v) is 36.0. The molecule has 0 bridgehead atoms. The SMILES string of the molecule is CC(=O)N[C@H]1[C@H](OC(=O)c2ccccc2-c2c3ccc(=[N+](C)C)cc-3oc3cc(N(C)C)ccc23)O[C@H](CO)[C@@H](O[C@@H]2O[C@H](CO)[C@H](O)[C@H](O)[C@H]2O[C@H]2O[C@H](C)[C@H](O)[C@H](O)[C@H]2O)[C@@H]1O. The molecule has 4 aliphatic heterocycles. The van der Waals surface area contributed by atoms with Crippen molar-refractivity contribution in [1.82, 2.24) is 9.89 Å². The number of anilines is 1. The number of rotatable bonds is 11. The van der Waals surface area contributed by atoms with Crippen LogP contribution >= 0.6 is 0 Å². The van der Waals surface area contributed by atoms with E-state index in [2.05, 4.69) is 5.32 Å². The number of aliphatic hydroxyl groups is 8. The van der Waals surface area contributed by atoms with Crippen LogP contribution in [0, 0.1) is 0 Å². The molecule has 3 fully saturated rings. The van der Waals surface area contributed by atoms with Crippen molar-refractivity contribution in [3.05, 3.63) is 71.6 Å². The van der Waals surface area contributed by atoms with Crippen LogP contribution in [0.2, 0.25) is 0 Å². The monoisotopic (exact) mass is 898 g/mol. The van der Waals surface area contributed by atoms with E-state index in [0.29, 0.717) is 33.4 Å². The molecule has 1 aliphatic carbocycles. The molecule has 5 aliphatic rings. The van der Waals surface area contributed by atoms with E-state index in [9.17, 15) is 50.4 Å². The maximum Gasteiger partial charge on any atom is 0.341 e. The van der Waals surface area contributed by atoms with Gasteiger partial charge in [-0.2, -0.15) is 0 Å². The smallest absolute Gasteiger partial charge is 0.341 e. The molecule has 20 heteroatoms. The van der Waals surface area contributed by atoms with Crippen LogP contribution in [0.4, 0.5) is 5.69 Å². The summed E-state index contributed by atoms with van der Waals surface area (Å²) in [6.45, 7) is 0.847. The largest absolute Gasteiger partial charge is 0.456 e. The second kappa shape index (κ2) is 19.4. The molecule has 0 saturated carbocycles. The summed E-state index contributed by atoms with van der Waals surface area (Å²) >= 11 is 0. The van der Waals surface area contributed by atoms with Crippen molar-refractivity contribution >= 4 is 28.5 Å². The van der Waals surface area contributed by atoms with Gasteiger partial charge in [0.2, 0.25) is 17.6 Å². The summed E-state index contributed by atoms with van der Waals surface area (Å²) in [6, 6.07) is 16.6. The molecule has 0 aromatic heterocycles. The average molecular weight is 899 g/mol. The maximum absolute atomic E-state index is 14.5. The standard InChI is InChI=1S/C44H55N3O17/c1-19-33(51)36(54)38(56)43(58-19)63-40-37(55)34(52)29(17-48)60-44(40)62-39-30(18-49)61-42(32(35(39)53)45-20(2)50)64-41(57)24-10-8-7-9-23(24)31-25-13-11-21(46(3)4)15-27(25)59-28-16-22(47(5)6)12-14-26(28)31/h7-16,19,29-30,32-40,42-44,48-49,51-56H,17-18H2,1-6H3/p+1/t19-,29-,30-,32-,33+,34+,35-,36+,37+,38-,39-,40-,42+,43-,44+/m1/s1. The summed E-state index contributed by atoms with van der Waals surface area (Å²) < 4.78 is 43.6. The highest BCUT2D eigenvalue weighted by atomic mass is 16.8. The number of hydrogen-bond donors (Lipinski definition) is 9. The number of carbonyl (C=O) groups excluding carboxylic acids is 2. The quantitative estimate of drug-likeness (QED) is 0.0451. The first-order valence-corrected chi connectivity index (χ1v) is 20.8. The Morgan fingerprint density at radius 1 is 0.734 bits per heavy atom. The minimum Gasteiger partial charge on any atom is -0.456 e. The van der Waals surface area contributed by atoms with E-state index in [0.717, 1.165) is 18.0 Å². The molecule has 2 aromatic rings. The fourth-order valence-electron chi connectivity index (χ4n) is 8.23. The normalized spacial score (nSPS) is 33.2. The van der Waals surface area contributed by atoms with E-state index >= 15 is 0 Å². The van der Waals surface area contributed by atoms with Gasteiger partial charge in [0.15, 0.2) is 12.6 Å². The molecule has 3 saturated heterocycles. The molecule has 20 nitrogen and oxygen atoms in total. The van der Waals surface area contributed by atoms with Gasteiger partial charge in [-0.05, 0) is 36.8 Å². The van der Waals surface area contributed by atoms with Crippen LogP contribution in [-0.2, 0) is 33.2 Å². The lowest BCUT2D eigenvalue weighted by Crippen LogP contribution is -2.68. The van der Waals surface area contributed by atoms with Gasteiger partial charge in [-0.1, -0.05) is 18.2 Å². The van der Waals surface area contributed by atoms with E-state index in [-0.39, 0.29) is 5.56 Å². The number of benzene rings is 3. The Morgan fingerprint density at radius 3 is 2.09 bits per heavy atom. The average Bonchev–Trinajstić information content (AvgIpc) is 3.27. The Labute approximate surface area is 367 Å². The van der Waals surface area contributed by atoms with Gasteiger partial charge in [0.1, 0.15) is 92.5 Å². The van der Waals surface area contributed by atoms with Crippen molar-refractivity contribution < 1.29 is 83.3 Å². The van der Waals surface area contributed by atoms with Crippen molar-refractivity contribution in [3.8, 4) is 22.5 Å². The van der Waals surface area contributed by atoms with Crippen LogP contribution in [-0.4, -0.2) is 186 Å². The highest BCUT2D eigenvalue weighted by Gasteiger charge is 2.54. The minimum absolute atomic E-state index is 0.0838. The summed E-state index contributed by atoms with van der Waals surface area (Å²) in [5, 5.41) is 89.8. The zero-order valence-electron chi connectivity index (χ0n) is 36.0. The fourth-order valence-corrected chi connectivity index (χ4v) is 8.23. The van der Waals surface area contributed by atoms with Crippen LogP contribution < -0.4 is 20.1 Å². The first-order chi connectivity index (χ1) is 30.4. The number of aliphatic hydroxyl groups excluding tert-OH is 8. The van der Waals surface area contributed by atoms with Gasteiger partial charge >= 0.3 is 5.97 Å². The van der Waals surface area contributed by atoms with E-state index in [1.54, 1.807) is 24.3 Å². The van der Waals surface area contributed by atoms with Crippen molar-refractivity contribution in [2.24, 2.45) is 0 Å². The Morgan fingerprint density at radius 2 is 1.42 bits per heavy atom. The Bertz CT molecular complexity index is 2340. The van der Waals surface area contributed by atoms with E-state index < -0.39 is 117 Å². The second-order valence-corrected chi connectivity index (χ2v) is 16.6. The van der Waals surface area contributed by atoms with Gasteiger partial charge in [-0.3, -0.25) is 4.79 Å². The van der Waals surface area contributed by atoms with Gasteiger partial charge in [-0.25, -0.2) is 9.37 Å². The fraction of sp³-hybridized carbons (Fsp3) is 0.523. The Kier molecular flexibility index (Phi) is 14.4. The zero-order chi connectivity index (χ0) is 46.3. The molecule has 2 aromatic carbocycles. The third-order valence-corrected chi connectivity index (χ3v) is 11.8. The predicted molar refractivity (Wildman–Crippen MR) is 224 cm³/mol. The molecule has 4 heterocycles. The first-order valence-electron chi connectivity index (χ1n) is 20.8. The highest BCUT2D eigenvalue weighted by molar-refractivity contribution is 6.08. The van der Waals surface area contributed by atoms with Crippen molar-refractivity contribution in [2.45, 2.75) is 106 Å². The van der Waals surface area contributed by atoms with Gasteiger partial charge in [0.05, 0.1) is 30.9 Å². The van der Waals surface area contributed by atoms with Crippen molar-refractivity contribution in [3.63, 3.8) is 0 Å². The molecule has 9 N–H and O–H groups in total. The molecular formula is C44H56N3O17+. The number of esters is 1. The molecule has 64 heavy (non-hydrogen) atoms. The summed E-state index contributed by atoms with van der Waals surface area (Å²) in [5.41, 5.74) is 3.32. The molecule has 0 unspecified atom stereocenters. The molecule has 7 rings (SSSR count). The molecule has 1 amide bonds. The van der Waals surface area contributed by atoms with E-state index in [1.165, 1.54) is 6.92 Å². The number of ether oxygens (including phenoxy) is 6. The number of carbonyl (C=O) groups is 2. The van der Waals surface area contributed by atoms with Gasteiger partial charge in [0, 0.05) is 55.4 Å². The second-order valence-electron chi connectivity index (χ2n) is 16.6. The van der Waals surface area contributed by atoms with Gasteiger partial charge in [-0.15, -0.1) is 0 Å². The molecule has 0 radical (unpaired) electrons.